The van der Waals surface area contributed by atoms with E-state index in [9.17, 15) is 9.59 Å². The van der Waals surface area contributed by atoms with Crippen LogP contribution in [0.25, 0.3) is 0 Å². The number of carbonyl (C=O) groups excluding carboxylic acids is 1. The average molecular weight is 468 g/mol. The topological polar surface area (TPSA) is 103 Å². The van der Waals surface area contributed by atoms with Gasteiger partial charge in [-0.3, -0.25) is 14.5 Å². The van der Waals surface area contributed by atoms with Crippen molar-refractivity contribution in [1.82, 2.24) is 10.2 Å². The Balaban J connectivity index is 1.28. The van der Waals surface area contributed by atoms with Gasteiger partial charge in [0.25, 0.3) is 5.91 Å². The quantitative estimate of drug-likeness (QED) is 0.670. The molecule has 8 heteroatoms. The number of carboxylic acids is 1. The van der Waals surface area contributed by atoms with E-state index in [2.05, 4.69) is 5.32 Å². The highest BCUT2D eigenvalue weighted by Gasteiger charge is 2.25. The Morgan fingerprint density at radius 2 is 1.94 bits per heavy atom. The number of rotatable bonds is 6. The van der Waals surface area contributed by atoms with Gasteiger partial charge >= 0.3 is 5.97 Å². The zero-order valence-electron chi connectivity index (χ0n) is 18.2. The Morgan fingerprint density at radius 1 is 1.15 bits per heavy atom. The van der Waals surface area contributed by atoms with E-state index in [1.54, 1.807) is 18.2 Å². The predicted octanol–water partition coefficient (Wildman–Crippen LogP) is 3.77. The van der Waals surface area contributed by atoms with Crippen LogP contribution in [-0.4, -0.2) is 47.1 Å². The van der Waals surface area contributed by atoms with Crippen LogP contribution in [0.5, 0.6) is 5.75 Å². The second-order valence-electron chi connectivity index (χ2n) is 8.66. The van der Waals surface area contributed by atoms with E-state index in [1.807, 2.05) is 29.2 Å². The summed E-state index contributed by atoms with van der Waals surface area (Å²) >= 11 is 6.08. The second kappa shape index (κ2) is 10.2. The minimum absolute atomic E-state index is 0.0340. The Hall–Kier alpha value is -3.08. The molecule has 2 aromatic carbocycles. The van der Waals surface area contributed by atoms with Crippen LogP contribution in [-0.2, 0) is 17.8 Å². The molecular weight excluding hydrogens is 442 g/mol. The van der Waals surface area contributed by atoms with Crippen LogP contribution in [0.15, 0.2) is 36.4 Å². The summed E-state index contributed by atoms with van der Waals surface area (Å²) < 4.78 is 6.02. The van der Waals surface area contributed by atoms with Crippen molar-refractivity contribution >= 4 is 23.5 Å². The van der Waals surface area contributed by atoms with E-state index in [-0.39, 0.29) is 24.6 Å². The van der Waals surface area contributed by atoms with Crippen molar-refractivity contribution in [3.8, 4) is 11.8 Å². The molecule has 0 atom stereocenters. The number of fused-ring (bicyclic) bond motifs is 1. The highest BCUT2D eigenvalue weighted by atomic mass is 35.5. The fourth-order valence-electron chi connectivity index (χ4n) is 4.52. The summed E-state index contributed by atoms with van der Waals surface area (Å²) in [7, 11) is 0. The summed E-state index contributed by atoms with van der Waals surface area (Å²) in [6, 6.07) is 12.9. The number of nitrogens with zero attached hydrogens (tertiary/aromatic N) is 2. The summed E-state index contributed by atoms with van der Waals surface area (Å²) in [5.41, 5.74) is 3.27. The molecule has 1 aliphatic heterocycles. The number of ether oxygens (including phenoxy) is 1. The first-order chi connectivity index (χ1) is 15.9. The molecule has 0 bridgehead atoms. The van der Waals surface area contributed by atoms with Gasteiger partial charge in [-0.15, -0.1) is 0 Å². The third kappa shape index (κ3) is 5.84. The molecule has 0 aromatic heterocycles. The lowest BCUT2D eigenvalue weighted by atomic mass is 9.92. The minimum atomic E-state index is -0.824. The summed E-state index contributed by atoms with van der Waals surface area (Å²) in [5.74, 6) is -0.244. The fourth-order valence-corrected chi connectivity index (χ4v) is 4.74. The number of halogens is 1. The number of carbonyl (C=O) groups is 2. The highest BCUT2D eigenvalue weighted by Crippen LogP contribution is 2.27. The summed E-state index contributed by atoms with van der Waals surface area (Å²) in [4.78, 5) is 25.6. The maximum Gasteiger partial charge on any atom is 0.317 e. The van der Waals surface area contributed by atoms with E-state index < -0.39 is 5.97 Å². The number of benzene rings is 2. The molecule has 7 nitrogen and oxygen atoms in total. The number of hydrogen-bond acceptors (Lipinski definition) is 5. The molecule has 1 saturated carbocycles. The van der Waals surface area contributed by atoms with Crippen molar-refractivity contribution in [2.24, 2.45) is 0 Å². The Bertz CT molecular complexity index is 1090. The largest absolute Gasteiger partial charge is 0.490 e. The summed E-state index contributed by atoms with van der Waals surface area (Å²) in [6.07, 6.45) is 4.11. The first-order valence-corrected chi connectivity index (χ1v) is 11.5. The molecule has 1 aliphatic carbocycles. The molecule has 1 heterocycles. The number of amides is 1. The molecule has 2 aliphatic rings. The molecular formula is C25H26ClN3O4. The van der Waals surface area contributed by atoms with Crippen molar-refractivity contribution in [3.05, 3.63) is 63.7 Å². The molecule has 4 rings (SSSR count). The van der Waals surface area contributed by atoms with Crippen molar-refractivity contribution in [2.45, 2.75) is 50.8 Å². The van der Waals surface area contributed by atoms with Gasteiger partial charge < -0.3 is 15.2 Å². The molecule has 2 N–H and O–H groups in total. The maximum absolute atomic E-state index is 12.8. The van der Waals surface area contributed by atoms with Gasteiger partial charge in [0.15, 0.2) is 0 Å². The molecule has 0 spiro atoms. The zero-order chi connectivity index (χ0) is 23.4. The fraction of sp³-hybridized carbons (Fsp3) is 0.400. The standard InChI is InChI=1S/C25H26ClN3O4/c26-23-12-22(6-3-18(23)13-27)33-21-7-4-20(5-8-21)28-25(32)17-1-2-19-14-29(15-24(30)31)10-9-16(19)11-17/h1-3,6,11-12,20-21H,4-5,7-10,14-15H2,(H,28,32)(H,30,31). The maximum atomic E-state index is 12.8. The summed E-state index contributed by atoms with van der Waals surface area (Å²) in [5, 5.41) is 21.5. The molecule has 0 unspecified atom stereocenters. The van der Waals surface area contributed by atoms with Crippen molar-refractivity contribution in [1.29, 1.82) is 5.26 Å². The van der Waals surface area contributed by atoms with E-state index in [0.29, 0.717) is 35.0 Å². The number of nitrogens with one attached hydrogen (secondary N) is 1. The average Bonchev–Trinajstić information content (AvgIpc) is 2.80. The second-order valence-corrected chi connectivity index (χ2v) is 9.06. The lowest BCUT2D eigenvalue weighted by molar-refractivity contribution is -0.138. The first-order valence-electron chi connectivity index (χ1n) is 11.1. The molecule has 0 radical (unpaired) electrons. The Morgan fingerprint density at radius 3 is 2.64 bits per heavy atom. The van der Waals surface area contributed by atoms with E-state index in [4.69, 9.17) is 26.7 Å². The van der Waals surface area contributed by atoms with E-state index in [0.717, 1.165) is 43.2 Å². The molecule has 1 fully saturated rings. The summed E-state index contributed by atoms with van der Waals surface area (Å²) in [6.45, 7) is 1.31. The number of hydrogen-bond donors (Lipinski definition) is 2. The molecule has 2 aromatic rings. The minimum Gasteiger partial charge on any atom is -0.490 e. The van der Waals surface area contributed by atoms with E-state index in [1.165, 1.54) is 0 Å². The van der Waals surface area contributed by atoms with Crippen LogP contribution in [0.4, 0.5) is 0 Å². The van der Waals surface area contributed by atoms with Crippen molar-refractivity contribution in [2.75, 3.05) is 13.1 Å². The SMILES string of the molecule is N#Cc1ccc(OC2CCC(NC(=O)c3ccc4c(c3)CCN(CC(=O)O)C4)CC2)cc1Cl. The number of nitriles is 1. The van der Waals surface area contributed by atoms with Crippen molar-refractivity contribution < 1.29 is 19.4 Å². The highest BCUT2D eigenvalue weighted by molar-refractivity contribution is 6.31. The van der Waals surface area contributed by atoms with Gasteiger partial charge in [-0.05, 0) is 67.5 Å². The molecule has 0 saturated heterocycles. The van der Waals surface area contributed by atoms with Gasteiger partial charge in [-0.2, -0.15) is 5.26 Å². The normalized spacial score (nSPS) is 20.4. The van der Waals surface area contributed by atoms with Gasteiger partial charge in [0.2, 0.25) is 0 Å². The number of aliphatic carboxylic acids is 1. The number of carboxylic acid groups (broad SMARTS) is 1. The van der Waals surface area contributed by atoms with Gasteiger partial charge in [0, 0.05) is 30.8 Å². The predicted molar refractivity (Wildman–Crippen MR) is 123 cm³/mol. The van der Waals surface area contributed by atoms with Crippen LogP contribution in [0.3, 0.4) is 0 Å². The Kier molecular flexibility index (Phi) is 7.17. The van der Waals surface area contributed by atoms with E-state index >= 15 is 0 Å². The van der Waals surface area contributed by atoms with Gasteiger partial charge in [0.05, 0.1) is 23.2 Å². The molecule has 33 heavy (non-hydrogen) atoms. The van der Waals surface area contributed by atoms with Crippen LogP contribution in [0.2, 0.25) is 5.02 Å². The Labute approximate surface area is 197 Å². The van der Waals surface area contributed by atoms with Gasteiger partial charge in [0.1, 0.15) is 11.8 Å². The monoisotopic (exact) mass is 467 g/mol. The van der Waals surface area contributed by atoms with Gasteiger partial charge in [-0.1, -0.05) is 17.7 Å². The zero-order valence-corrected chi connectivity index (χ0v) is 19.0. The van der Waals surface area contributed by atoms with Crippen LogP contribution in [0.1, 0.15) is 52.7 Å². The first kappa shape index (κ1) is 23.1. The lowest BCUT2D eigenvalue weighted by Gasteiger charge is -2.30. The van der Waals surface area contributed by atoms with Crippen LogP contribution >= 0.6 is 11.6 Å². The molecule has 1 amide bonds. The van der Waals surface area contributed by atoms with Crippen molar-refractivity contribution in [3.63, 3.8) is 0 Å². The van der Waals surface area contributed by atoms with Crippen LogP contribution < -0.4 is 10.1 Å². The third-order valence-electron chi connectivity index (χ3n) is 6.29. The molecule has 172 valence electrons. The smallest absolute Gasteiger partial charge is 0.317 e. The van der Waals surface area contributed by atoms with Gasteiger partial charge in [-0.25, -0.2) is 0 Å². The lowest BCUT2D eigenvalue weighted by Crippen LogP contribution is -2.40. The van der Waals surface area contributed by atoms with Crippen LogP contribution in [0, 0.1) is 11.3 Å². The third-order valence-corrected chi connectivity index (χ3v) is 6.60.